The predicted octanol–water partition coefficient (Wildman–Crippen LogP) is 2.61. The van der Waals surface area contributed by atoms with Gasteiger partial charge >= 0.3 is 5.97 Å². The first-order valence-corrected chi connectivity index (χ1v) is 5.86. The van der Waals surface area contributed by atoms with Crippen molar-refractivity contribution in [3.8, 4) is 0 Å². The van der Waals surface area contributed by atoms with Gasteiger partial charge in [0, 0.05) is 6.04 Å². The normalized spacial score (nSPS) is 15.7. The summed E-state index contributed by atoms with van der Waals surface area (Å²) >= 11 is 0. The van der Waals surface area contributed by atoms with E-state index in [1.165, 1.54) is 0 Å². The minimum atomic E-state index is -0.696. The van der Waals surface area contributed by atoms with Gasteiger partial charge in [0.1, 0.15) is 6.04 Å². The molecule has 15 heavy (non-hydrogen) atoms. The molecule has 3 nitrogen and oxygen atoms in total. The monoisotopic (exact) mass is 215 g/mol. The molecule has 0 radical (unpaired) electrons. The van der Waals surface area contributed by atoms with Gasteiger partial charge in [-0.15, -0.1) is 0 Å². The Bertz CT molecular complexity index is 192. The number of carboxylic acids is 1. The van der Waals surface area contributed by atoms with Gasteiger partial charge in [-0.05, 0) is 26.3 Å². The number of hydrogen-bond donors (Lipinski definition) is 1. The molecule has 0 aliphatic carbocycles. The molecule has 0 aliphatic heterocycles. The van der Waals surface area contributed by atoms with E-state index in [0.717, 1.165) is 19.3 Å². The first-order chi connectivity index (χ1) is 6.91. The number of carbonyl (C=O) groups is 1. The second kappa shape index (κ2) is 6.83. The van der Waals surface area contributed by atoms with Crippen molar-refractivity contribution in [3.05, 3.63) is 0 Å². The molecule has 90 valence electrons. The lowest BCUT2D eigenvalue weighted by atomic mass is 10.0. The van der Waals surface area contributed by atoms with Gasteiger partial charge in [-0.1, -0.05) is 33.6 Å². The van der Waals surface area contributed by atoms with Crippen molar-refractivity contribution in [2.75, 3.05) is 7.05 Å². The molecule has 0 aromatic heterocycles. The lowest BCUT2D eigenvalue weighted by Gasteiger charge is -2.32. The summed E-state index contributed by atoms with van der Waals surface area (Å²) in [5, 5.41) is 9.16. The molecule has 3 heteroatoms. The third-order valence-electron chi connectivity index (χ3n) is 3.22. The topological polar surface area (TPSA) is 40.5 Å². The fourth-order valence-electron chi connectivity index (χ4n) is 1.65. The molecule has 2 unspecified atom stereocenters. The molecule has 0 aromatic carbocycles. The van der Waals surface area contributed by atoms with Crippen LogP contribution in [0.4, 0.5) is 0 Å². The van der Waals surface area contributed by atoms with Crippen LogP contribution < -0.4 is 0 Å². The zero-order valence-electron chi connectivity index (χ0n) is 10.7. The highest BCUT2D eigenvalue weighted by Gasteiger charge is 2.26. The molecule has 0 aliphatic rings. The van der Waals surface area contributed by atoms with Gasteiger partial charge in [-0.3, -0.25) is 9.69 Å². The van der Waals surface area contributed by atoms with Gasteiger partial charge < -0.3 is 5.11 Å². The third-order valence-corrected chi connectivity index (χ3v) is 3.22. The molecule has 1 N–H and O–H groups in total. The summed E-state index contributed by atoms with van der Waals surface area (Å²) in [5.74, 6) is -0.211. The summed E-state index contributed by atoms with van der Waals surface area (Å²) in [6.45, 7) is 8.43. The lowest BCUT2D eigenvalue weighted by molar-refractivity contribution is -0.144. The van der Waals surface area contributed by atoms with Crippen LogP contribution in [0.1, 0.15) is 47.0 Å². The Hall–Kier alpha value is -0.570. The van der Waals surface area contributed by atoms with E-state index < -0.39 is 5.97 Å². The summed E-state index contributed by atoms with van der Waals surface area (Å²) in [6, 6.07) is -0.0229. The Morgan fingerprint density at radius 3 is 2.20 bits per heavy atom. The van der Waals surface area contributed by atoms with Crippen LogP contribution in [0.5, 0.6) is 0 Å². The van der Waals surface area contributed by atoms with Gasteiger partial charge in [-0.2, -0.15) is 0 Å². The van der Waals surface area contributed by atoms with E-state index in [2.05, 4.69) is 27.7 Å². The van der Waals surface area contributed by atoms with Crippen LogP contribution >= 0.6 is 0 Å². The van der Waals surface area contributed by atoms with Crippen molar-refractivity contribution in [2.45, 2.75) is 59.0 Å². The molecule has 2 atom stereocenters. The summed E-state index contributed by atoms with van der Waals surface area (Å²) in [7, 11) is 1.92. The molecular weight excluding hydrogens is 190 g/mol. The smallest absolute Gasteiger partial charge is 0.320 e. The molecule has 0 fully saturated rings. The van der Waals surface area contributed by atoms with E-state index in [1.807, 2.05) is 11.9 Å². The number of hydrogen-bond acceptors (Lipinski definition) is 2. The van der Waals surface area contributed by atoms with Crippen molar-refractivity contribution in [1.29, 1.82) is 0 Å². The molecule has 0 saturated carbocycles. The van der Waals surface area contributed by atoms with Crippen molar-refractivity contribution < 1.29 is 9.90 Å². The zero-order chi connectivity index (χ0) is 12.0. The number of aliphatic carboxylic acids is 1. The van der Waals surface area contributed by atoms with Crippen LogP contribution in [0.15, 0.2) is 0 Å². The van der Waals surface area contributed by atoms with Gasteiger partial charge in [0.15, 0.2) is 0 Å². The average Bonchev–Trinajstić information content (AvgIpc) is 2.16. The molecule has 0 amide bonds. The summed E-state index contributed by atoms with van der Waals surface area (Å²) in [5.41, 5.74) is 0. The maximum absolute atomic E-state index is 11.1. The highest BCUT2D eigenvalue weighted by Crippen LogP contribution is 2.15. The molecule has 0 rings (SSSR count). The number of rotatable bonds is 7. The number of carboxylic acid groups (broad SMARTS) is 1. The molecule has 0 spiro atoms. The van der Waals surface area contributed by atoms with Crippen LogP contribution in [0.25, 0.3) is 0 Å². The highest BCUT2D eigenvalue weighted by molar-refractivity contribution is 5.73. The molecular formula is C12H25NO2. The van der Waals surface area contributed by atoms with Crippen LogP contribution in [0.3, 0.4) is 0 Å². The van der Waals surface area contributed by atoms with E-state index in [0.29, 0.717) is 12.0 Å². The first-order valence-electron chi connectivity index (χ1n) is 5.86. The Labute approximate surface area is 93.5 Å². The molecule has 0 saturated heterocycles. The van der Waals surface area contributed by atoms with E-state index in [1.54, 1.807) is 0 Å². The van der Waals surface area contributed by atoms with Crippen molar-refractivity contribution >= 4 is 5.97 Å². The summed E-state index contributed by atoms with van der Waals surface area (Å²) < 4.78 is 0. The minimum absolute atomic E-state index is 0.308. The minimum Gasteiger partial charge on any atom is -0.480 e. The van der Waals surface area contributed by atoms with Crippen LogP contribution in [0.2, 0.25) is 0 Å². The maximum Gasteiger partial charge on any atom is 0.320 e. The Morgan fingerprint density at radius 2 is 1.87 bits per heavy atom. The molecule has 0 heterocycles. The summed E-state index contributed by atoms with van der Waals surface area (Å²) in [6.07, 6.45) is 2.78. The second-order valence-electron chi connectivity index (χ2n) is 4.65. The summed E-state index contributed by atoms with van der Waals surface area (Å²) in [4.78, 5) is 13.1. The highest BCUT2D eigenvalue weighted by atomic mass is 16.4. The average molecular weight is 215 g/mol. The van der Waals surface area contributed by atoms with Crippen molar-refractivity contribution in [2.24, 2.45) is 5.92 Å². The second-order valence-corrected chi connectivity index (χ2v) is 4.65. The first kappa shape index (κ1) is 14.4. The standard InChI is InChI=1S/C12H25NO2/c1-6-7-8-11(12(14)15)13(5)10(4)9(2)3/h9-11H,6-8H2,1-5H3,(H,14,15). The van der Waals surface area contributed by atoms with Gasteiger partial charge in [0.05, 0.1) is 0 Å². The third kappa shape index (κ3) is 4.65. The van der Waals surface area contributed by atoms with E-state index in [4.69, 9.17) is 5.11 Å². The zero-order valence-corrected chi connectivity index (χ0v) is 10.7. The van der Waals surface area contributed by atoms with Crippen LogP contribution in [0, 0.1) is 5.92 Å². The number of nitrogens with zero attached hydrogens (tertiary/aromatic N) is 1. The van der Waals surface area contributed by atoms with Gasteiger partial charge in [-0.25, -0.2) is 0 Å². The van der Waals surface area contributed by atoms with E-state index >= 15 is 0 Å². The molecule has 0 aromatic rings. The van der Waals surface area contributed by atoms with Crippen LogP contribution in [-0.2, 0) is 4.79 Å². The Balaban J connectivity index is 4.40. The van der Waals surface area contributed by atoms with Gasteiger partial charge in [0.25, 0.3) is 0 Å². The number of likely N-dealkylation sites (N-methyl/N-ethyl adjacent to an activating group) is 1. The van der Waals surface area contributed by atoms with Gasteiger partial charge in [0.2, 0.25) is 0 Å². The SMILES string of the molecule is CCCCC(C(=O)O)N(C)C(C)C(C)C. The fraction of sp³-hybridized carbons (Fsp3) is 0.917. The Kier molecular flexibility index (Phi) is 6.57. The molecule has 0 bridgehead atoms. The Morgan fingerprint density at radius 1 is 1.33 bits per heavy atom. The van der Waals surface area contributed by atoms with E-state index in [-0.39, 0.29) is 6.04 Å². The maximum atomic E-state index is 11.1. The predicted molar refractivity (Wildman–Crippen MR) is 63.0 cm³/mol. The quantitative estimate of drug-likeness (QED) is 0.709. The van der Waals surface area contributed by atoms with E-state index in [9.17, 15) is 4.79 Å². The van der Waals surface area contributed by atoms with Crippen molar-refractivity contribution in [1.82, 2.24) is 4.90 Å². The largest absolute Gasteiger partial charge is 0.480 e. The van der Waals surface area contributed by atoms with Crippen LogP contribution in [-0.4, -0.2) is 35.1 Å². The van der Waals surface area contributed by atoms with Crippen molar-refractivity contribution in [3.63, 3.8) is 0 Å². The number of unbranched alkanes of at least 4 members (excludes halogenated alkanes) is 1. The lowest BCUT2D eigenvalue weighted by Crippen LogP contribution is -2.45. The fourth-order valence-corrected chi connectivity index (χ4v) is 1.65.